The van der Waals surface area contributed by atoms with Crippen LogP contribution in [-0.2, 0) is 11.2 Å². The molecule has 0 heterocycles. The van der Waals surface area contributed by atoms with Gasteiger partial charge in [0, 0.05) is 17.0 Å². The van der Waals surface area contributed by atoms with Crippen LogP contribution in [0.3, 0.4) is 0 Å². The first-order valence-corrected chi connectivity index (χ1v) is 7.18. The number of rotatable bonds is 4. The van der Waals surface area contributed by atoms with Crippen molar-refractivity contribution in [2.75, 3.05) is 0 Å². The summed E-state index contributed by atoms with van der Waals surface area (Å²) in [6.45, 7) is 0. The number of nitrogens with two attached hydrogens (primary N) is 1. The van der Waals surface area contributed by atoms with Gasteiger partial charge in [0.1, 0.15) is 0 Å². The van der Waals surface area contributed by atoms with E-state index in [1.807, 2.05) is 12.1 Å². The molecule has 2 unspecified atom stereocenters. The van der Waals surface area contributed by atoms with Crippen molar-refractivity contribution in [1.82, 2.24) is 5.32 Å². The molecule has 3 nitrogen and oxygen atoms in total. The molecule has 0 aliphatic heterocycles. The fourth-order valence-corrected chi connectivity index (χ4v) is 3.06. The normalized spacial score (nSPS) is 22.2. The summed E-state index contributed by atoms with van der Waals surface area (Å²) in [5, 5.41) is 3.67. The molecule has 0 saturated heterocycles. The van der Waals surface area contributed by atoms with Gasteiger partial charge >= 0.3 is 0 Å². The van der Waals surface area contributed by atoms with Gasteiger partial charge in [-0.25, -0.2) is 0 Å². The van der Waals surface area contributed by atoms with Gasteiger partial charge in [-0.2, -0.15) is 0 Å². The fraction of sp³-hybridized carbons (Fsp3) is 0.429. The van der Waals surface area contributed by atoms with E-state index in [1.54, 1.807) is 12.1 Å². The zero-order valence-corrected chi connectivity index (χ0v) is 12.1. The Bertz CT molecular complexity index is 492. The molecular weight excluding hydrogens is 280 g/mol. The highest BCUT2D eigenvalue weighted by Gasteiger charge is 2.30. The maximum atomic E-state index is 12.0. The second-order valence-electron chi connectivity index (χ2n) is 4.92. The van der Waals surface area contributed by atoms with Crippen molar-refractivity contribution in [2.24, 2.45) is 11.7 Å². The summed E-state index contributed by atoms with van der Waals surface area (Å²) in [7, 11) is 0. The minimum atomic E-state index is -0.00424. The van der Waals surface area contributed by atoms with Crippen LogP contribution in [0.4, 0.5) is 0 Å². The lowest BCUT2D eigenvalue weighted by Crippen LogP contribution is -2.42. The van der Waals surface area contributed by atoms with Crippen molar-refractivity contribution >= 4 is 34.7 Å². The number of amides is 1. The predicted molar refractivity (Wildman–Crippen MR) is 81.2 cm³/mol. The molecule has 1 aromatic rings. The van der Waals surface area contributed by atoms with Crippen molar-refractivity contribution in [3.05, 3.63) is 34.9 Å². The molecule has 5 heteroatoms. The minimum Gasteiger partial charge on any atom is -0.393 e. The lowest BCUT2D eigenvalue weighted by Gasteiger charge is -2.19. The molecule has 102 valence electrons. The number of carbonyl (C=O) groups excluding carboxylic acids is 1. The predicted octanol–water partition coefficient (Wildman–Crippen LogP) is 2.45. The van der Waals surface area contributed by atoms with E-state index < -0.39 is 0 Å². The van der Waals surface area contributed by atoms with Crippen LogP contribution in [0.15, 0.2) is 24.3 Å². The average molecular weight is 297 g/mol. The molecule has 0 radical (unpaired) electrons. The first-order chi connectivity index (χ1) is 9.06. The summed E-state index contributed by atoms with van der Waals surface area (Å²) in [4.78, 5) is 12.5. The molecule has 1 amide bonds. The van der Waals surface area contributed by atoms with E-state index in [9.17, 15) is 4.79 Å². The maximum absolute atomic E-state index is 12.0. The highest BCUT2D eigenvalue weighted by Crippen LogP contribution is 2.26. The first kappa shape index (κ1) is 14.3. The van der Waals surface area contributed by atoms with E-state index in [4.69, 9.17) is 29.6 Å². The monoisotopic (exact) mass is 296 g/mol. The summed E-state index contributed by atoms with van der Waals surface area (Å²) >= 11 is 10.9. The van der Waals surface area contributed by atoms with E-state index >= 15 is 0 Å². The number of halogens is 1. The average Bonchev–Trinajstić information content (AvgIpc) is 2.76. The maximum Gasteiger partial charge on any atom is 0.224 e. The van der Waals surface area contributed by atoms with Gasteiger partial charge in [0.05, 0.1) is 11.4 Å². The standard InChI is InChI=1S/C14H17ClN2OS/c15-10-4-1-3-9(7-10)8-13(18)17-12-6-2-5-11(12)14(16)19/h1,3-4,7,11-12H,2,5-6,8H2,(H2,16,19)(H,17,18). The molecule has 1 aliphatic rings. The van der Waals surface area contributed by atoms with Crippen LogP contribution < -0.4 is 11.1 Å². The van der Waals surface area contributed by atoms with Gasteiger partial charge in [0.15, 0.2) is 0 Å². The van der Waals surface area contributed by atoms with Gasteiger partial charge in [-0.1, -0.05) is 42.4 Å². The summed E-state index contributed by atoms with van der Waals surface area (Å²) in [6.07, 6.45) is 3.31. The van der Waals surface area contributed by atoms with Gasteiger partial charge in [0.2, 0.25) is 5.91 Å². The van der Waals surface area contributed by atoms with Gasteiger partial charge in [-0.15, -0.1) is 0 Å². The van der Waals surface area contributed by atoms with E-state index in [0.717, 1.165) is 24.8 Å². The first-order valence-electron chi connectivity index (χ1n) is 6.39. The van der Waals surface area contributed by atoms with E-state index in [2.05, 4.69) is 5.32 Å². The molecule has 0 bridgehead atoms. The molecule has 2 atom stereocenters. The van der Waals surface area contributed by atoms with Gasteiger partial charge in [-0.3, -0.25) is 4.79 Å². The third kappa shape index (κ3) is 3.91. The minimum absolute atomic E-state index is 0.00424. The Morgan fingerprint density at radius 1 is 1.47 bits per heavy atom. The van der Waals surface area contributed by atoms with E-state index in [0.29, 0.717) is 16.4 Å². The van der Waals surface area contributed by atoms with E-state index in [-0.39, 0.29) is 17.9 Å². The second kappa shape index (κ2) is 6.35. The van der Waals surface area contributed by atoms with Crippen LogP contribution in [0.2, 0.25) is 5.02 Å². The summed E-state index contributed by atoms with van der Waals surface area (Å²) in [6, 6.07) is 7.43. The molecule has 1 aliphatic carbocycles. The third-order valence-corrected chi connectivity index (χ3v) is 4.02. The van der Waals surface area contributed by atoms with Crippen molar-refractivity contribution < 1.29 is 4.79 Å². The quantitative estimate of drug-likeness (QED) is 0.839. The summed E-state index contributed by atoms with van der Waals surface area (Å²) < 4.78 is 0. The van der Waals surface area contributed by atoms with Crippen molar-refractivity contribution in [1.29, 1.82) is 0 Å². The Kier molecular flexibility index (Phi) is 4.77. The van der Waals surface area contributed by atoms with Crippen LogP contribution in [0.1, 0.15) is 24.8 Å². The Morgan fingerprint density at radius 2 is 2.26 bits per heavy atom. The van der Waals surface area contributed by atoms with E-state index in [1.165, 1.54) is 0 Å². The molecule has 0 aromatic heterocycles. The Hall–Kier alpha value is -1.13. The molecule has 2 rings (SSSR count). The number of nitrogens with one attached hydrogen (secondary N) is 1. The number of benzene rings is 1. The summed E-state index contributed by atoms with van der Waals surface area (Å²) in [5.41, 5.74) is 6.61. The molecule has 19 heavy (non-hydrogen) atoms. The molecular formula is C14H17ClN2OS. The fourth-order valence-electron chi connectivity index (χ4n) is 2.56. The molecule has 0 spiro atoms. The number of thiocarbonyl (C=S) groups is 1. The van der Waals surface area contributed by atoms with Crippen LogP contribution >= 0.6 is 23.8 Å². The number of hydrogen-bond donors (Lipinski definition) is 2. The van der Waals surface area contributed by atoms with Gasteiger partial charge in [0.25, 0.3) is 0 Å². The second-order valence-corrected chi connectivity index (χ2v) is 5.83. The number of carbonyl (C=O) groups is 1. The summed E-state index contributed by atoms with van der Waals surface area (Å²) in [5.74, 6) is 0.133. The van der Waals surface area contributed by atoms with Crippen LogP contribution in [0, 0.1) is 5.92 Å². The lowest BCUT2D eigenvalue weighted by molar-refractivity contribution is -0.121. The Labute approximate surface area is 123 Å². The molecule has 1 saturated carbocycles. The number of hydrogen-bond acceptors (Lipinski definition) is 2. The third-order valence-electron chi connectivity index (χ3n) is 3.48. The molecule has 1 fully saturated rings. The Balaban J connectivity index is 1.92. The smallest absolute Gasteiger partial charge is 0.224 e. The zero-order valence-electron chi connectivity index (χ0n) is 10.6. The van der Waals surface area contributed by atoms with Gasteiger partial charge in [-0.05, 0) is 30.5 Å². The van der Waals surface area contributed by atoms with Crippen molar-refractivity contribution in [3.63, 3.8) is 0 Å². The molecule has 1 aromatic carbocycles. The highest BCUT2D eigenvalue weighted by molar-refractivity contribution is 7.80. The SMILES string of the molecule is NC(=S)C1CCCC1NC(=O)Cc1cccc(Cl)c1. The Morgan fingerprint density at radius 3 is 2.95 bits per heavy atom. The van der Waals surface area contributed by atoms with Crippen LogP contribution in [0.5, 0.6) is 0 Å². The van der Waals surface area contributed by atoms with Crippen molar-refractivity contribution in [2.45, 2.75) is 31.7 Å². The van der Waals surface area contributed by atoms with Crippen molar-refractivity contribution in [3.8, 4) is 0 Å². The lowest BCUT2D eigenvalue weighted by atomic mass is 10.0. The largest absolute Gasteiger partial charge is 0.393 e. The molecule has 3 N–H and O–H groups in total. The van der Waals surface area contributed by atoms with Crippen LogP contribution in [-0.4, -0.2) is 16.9 Å². The topological polar surface area (TPSA) is 55.1 Å². The zero-order chi connectivity index (χ0) is 13.8. The highest BCUT2D eigenvalue weighted by atomic mass is 35.5. The van der Waals surface area contributed by atoms with Gasteiger partial charge < -0.3 is 11.1 Å². The van der Waals surface area contributed by atoms with Crippen LogP contribution in [0.25, 0.3) is 0 Å².